The van der Waals surface area contributed by atoms with Crippen LogP contribution in [0.2, 0.25) is 0 Å². The van der Waals surface area contributed by atoms with Crippen molar-refractivity contribution in [1.29, 1.82) is 0 Å². The highest BCUT2D eigenvalue weighted by Gasteiger charge is 2.22. The first-order valence-corrected chi connectivity index (χ1v) is 7.64. The van der Waals surface area contributed by atoms with Gasteiger partial charge in [0.05, 0.1) is 6.04 Å². The maximum atomic E-state index is 5.44. The molecule has 2 heterocycles. The Labute approximate surface area is 125 Å². The van der Waals surface area contributed by atoms with Crippen molar-refractivity contribution >= 4 is 0 Å². The molecule has 0 aliphatic carbocycles. The summed E-state index contributed by atoms with van der Waals surface area (Å²) in [5.41, 5.74) is 1.30. The Balaban J connectivity index is 1.58. The molecule has 1 N–H and O–H groups in total. The predicted octanol–water partition coefficient (Wildman–Crippen LogP) is 1.82. The highest BCUT2D eigenvalue weighted by molar-refractivity contribution is 5.15. The lowest BCUT2D eigenvalue weighted by Gasteiger charge is -2.30. The zero-order chi connectivity index (χ0) is 14.5. The lowest BCUT2D eigenvalue weighted by molar-refractivity contribution is 0.154. The molecule has 1 aliphatic heterocycles. The minimum Gasteiger partial charge on any atom is -0.338 e. The zero-order valence-electron chi connectivity index (χ0n) is 12.5. The average Bonchev–Trinajstić information content (AvgIpc) is 3.03. The van der Waals surface area contributed by atoms with Crippen LogP contribution in [0.15, 0.2) is 34.9 Å². The fraction of sp³-hybridized carbons (Fsp3) is 0.500. The summed E-state index contributed by atoms with van der Waals surface area (Å²) in [6.45, 7) is 6.25. The molecule has 1 atom stereocenters. The molecule has 0 amide bonds. The maximum absolute atomic E-state index is 5.44. The summed E-state index contributed by atoms with van der Waals surface area (Å²) in [6, 6.07) is 10.6. The van der Waals surface area contributed by atoms with Crippen LogP contribution in [0.3, 0.4) is 0 Å². The van der Waals surface area contributed by atoms with E-state index in [1.54, 1.807) is 0 Å². The number of piperazine rings is 1. The fourth-order valence-electron chi connectivity index (χ4n) is 2.67. The van der Waals surface area contributed by atoms with Gasteiger partial charge in [0.2, 0.25) is 5.89 Å². The predicted molar refractivity (Wildman–Crippen MR) is 81.0 cm³/mol. The van der Waals surface area contributed by atoms with E-state index >= 15 is 0 Å². The third-order valence-electron chi connectivity index (χ3n) is 4.02. The van der Waals surface area contributed by atoms with Gasteiger partial charge < -0.3 is 9.84 Å². The second-order valence-electron chi connectivity index (χ2n) is 5.50. The molecule has 1 aromatic carbocycles. The third-order valence-corrected chi connectivity index (χ3v) is 4.02. The second kappa shape index (κ2) is 6.83. The molecule has 0 bridgehead atoms. The van der Waals surface area contributed by atoms with Gasteiger partial charge in [-0.15, -0.1) is 0 Å². The molecule has 0 spiro atoms. The number of rotatable bonds is 5. The Kier molecular flexibility index (Phi) is 4.62. The molecule has 1 aliphatic rings. The fourth-order valence-corrected chi connectivity index (χ4v) is 2.67. The van der Waals surface area contributed by atoms with Gasteiger partial charge in [0.1, 0.15) is 0 Å². The number of nitrogens with zero attached hydrogens (tertiary/aromatic N) is 3. The molecule has 0 saturated carbocycles. The van der Waals surface area contributed by atoms with E-state index in [1.165, 1.54) is 5.56 Å². The SMILES string of the molecule is CC(c1nc(CCc2ccccc2)no1)N1CCNCC1. The summed E-state index contributed by atoms with van der Waals surface area (Å²) < 4.78 is 5.44. The average molecular weight is 286 g/mol. The summed E-state index contributed by atoms with van der Waals surface area (Å²) in [6.07, 6.45) is 1.77. The summed E-state index contributed by atoms with van der Waals surface area (Å²) in [7, 11) is 0. The molecule has 3 rings (SSSR count). The first-order chi connectivity index (χ1) is 10.3. The number of aryl methyl sites for hydroxylation is 2. The van der Waals surface area contributed by atoms with Crippen LogP contribution in [0, 0.1) is 0 Å². The van der Waals surface area contributed by atoms with E-state index in [2.05, 4.69) is 51.5 Å². The quantitative estimate of drug-likeness (QED) is 0.908. The van der Waals surface area contributed by atoms with E-state index < -0.39 is 0 Å². The Bertz CT molecular complexity index is 548. The van der Waals surface area contributed by atoms with Crippen molar-refractivity contribution in [3.05, 3.63) is 47.6 Å². The van der Waals surface area contributed by atoms with Gasteiger partial charge in [-0.1, -0.05) is 35.5 Å². The summed E-state index contributed by atoms with van der Waals surface area (Å²) in [5.74, 6) is 1.54. The summed E-state index contributed by atoms with van der Waals surface area (Å²) >= 11 is 0. The molecule has 2 aromatic rings. The van der Waals surface area contributed by atoms with Crippen LogP contribution in [0.5, 0.6) is 0 Å². The van der Waals surface area contributed by atoms with Crippen molar-refractivity contribution < 1.29 is 4.52 Å². The van der Waals surface area contributed by atoms with Gasteiger partial charge in [0.25, 0.3) is 0 Å². The third kappa shape index (κ3) is 3.68. The molecule has 112 valence electrons. The molecular weight excluding hydrogens is 264 g/mol. The number of hydrogen-bond acceptors (Lipinski definition) is 5. The molecule has 5 heteroatoms. The van der Waals surface area contributed by atoms with E-state index in [0.717, 1.165) is 50.7 Å². The van der Waals surface area contributed by atoms with E-state index in [9.17, 15) is 0 Å². The summed E-state index contributed by atoms with van der Waals surface area (Å²) in [4.78, 5) is 6.94. The first-order valence-electron chi connectivity index (χ1n) is 7.64. The van der Waals surface area contributed by atoms with Gasteiger partial charge in [0, 0.05) is 32.6 Å². The van der Waals surface area contributed by atoms with Crippen LogP contribution in [-0.4, -0.2) is 41.2 Å². The van der Waals surface area contributed by atoms with Crippen LogP contribution >= 0.6 is 0 Å². The maximum Gasteiger partial charge on any atom is 0.243 e. The molecule has 1 aromatic heterocycles. The molecule has 0 radical (unpaired) electrons. The molecular formula is C16H22N4O. The Morgan fingerprint density at radius 2 is 1.95 bits per heavy atom. The van der Waals surface area contributed by atoms with Gasteiger partial charge in [-0.05, 0) is 18.9 Å². The van der Waals surface area contributed by atoms with Gasteiger partial charge >= 0.3 is 0 Å². The lowest BCUT2D eigenvalue weighted by Crippen LogP contribution is -2.44. The Morgan fingerprint density at radius 3 is 2.71 bits per heavy atom. The van der Waals surface area contributed by atoms with E-state index in [0.29, 0.717) is 0 Å². The van der Waals surface area contributed by atoms with Crippen molar-refractivity contribution in [2.24, 2.45) is 0 Å². The number of hydrogen-bond donors (Lipinski definition) is 1. The van der Waals surface area contributed by atoms with Crippen molar-refractivity contribution in [3.8, 4) is 0 Å². The molecule has 1 fully saturated rings. The molecule has 5 nitrogen and oxygen atoms in total. The Morgan fingerprint density at radius 1 is 1.19 bits per heavy atom. The second-order valence-corrected chi connectivity index (χ2v) is 5.50. The van der Waals surface area contributed by atoms with Crippen molar-refractivity contribution in [3.63, 3.8) is 0 Å². The van der Waals surface area contributed by atoms with E-state index in [4.69, 9.17) is 4.52 Å². The normalized spacial score (nSPS) is 17.8. The molecule has 1 unspecified atom stereocenters. The minimum atomic E-state index is 0.199. The van der Waals surface area contributed by atoms with Crippen molar-refractivity contribution in [1.82, 2.24) is 20.4 Å². The topological polar surface area (TPSA) is 54.2 Å². The van der Waals surface area contributed by atoms with E-state index in [-0.39, 0.29) is 6.04 Å². The van der Waals surface area contributed by atoms with Gasteiger partial charge in [-0.3, -0.25) is 4.90 Å². The lowest BCUT2D eigenvalue weighted by atomic mass is 10.1. The van der Waals surface area contributed by atoms with Crippen LogP contribution in [-0.2, 0) is 12.8 Å². The first kappa shape index (κ1) is 14.2. The van der Waals surface area contributed by atoms with Gasteiger partial charge in [-0.25, -0.2) is 0 Å². The number of nitrogens with one attached hydrogen (secondary N) is 1. The zero-order valence-corrected chi connectivity index (χ0v) is 12.5. The smallest absolute Gasteiger partial charge is 0.243 e. The Hall–Kier alpha value is -1.72. The van der Waals surface area contributed by atoms with Crippen molar-refractivity contribution in [2.45, 2.75) is 25.8 Å². The monoisotopic (exact) mass is 286 g/mol. The summed E-state index contributed by atoms with van der Waals surface area (Å²) in [5, 5.41) is 7.48. The van der Waals surface area contributed by atoms with Crippen LogP contribution in [0.4, 0.5) is 0 Å². The molecule has 1 saturated heterocycles. The number of aromatic nitrogens is 2. The van der Waals surface area contributed by atoms with Crippen LogP contribution in [0.25, 0.3) is 0 Å². The van der Waals surface area contributed by atoms with Crippen LogP contribution < -0.4 is 5.32 Å². The molecule has 21 heavy (non-hydrogen) atoms. The van der Waals surface area contributed by atoms with Crippen LogP contribution in [0.1, 0.15) is 30.2 Å². The number of benzene rings is 1. The minimum absolute atomic E-state index is 0.199. The highest BCUT2D eigenvalue weighted by atomic mass is 16.5. The largest absolute Gasteiger partial charge is 0.338 e. The van der Waals surface area contributed by atoms with Gasteiger partial charge in [-0.2, -0.15) is 4.98 Å². The van der Waals surface area contributed by atoms with Gasteiger partial charge in [0.15, 0.2) is 5.82 Å². The van der Waals surface area contributed by atoms with Crippen molar-refractivity contribution in [2.75, 3.05) is 26.2 Å². The standard InChI is InChI=1S/C16H22N4O/c1-13(20-11-9-17-10-12-20)16-18-15(19-21-16)8-7-14-5-3-2-4-6-14/h2-6,13,17H,7-12H2,1H3. The van der Waals surface area contributed by atoms with E-state index in [1.807, 2.05) is 6.07 Å². The highest BCUT2D eigenvalue weighted by Crippen LogP contribution is 2.18.